The van der Waals surface area contributed by atoms with E-state index >= 15 is 0 Å². The Bertz CT molecular complexity index is 1020. The summed E-state index contributed by atoms with van der Waals surface area (Å²) in [6.45, 7) is 3.91. The summed E-state index contributed by atoms with van der Waals surface area (Å²) in [4.78, 5) is 41.7. The predicted molar refractivity (Wildman–Crippen MR) is 118 cm³/mol. The fourth-order valence-corrected chi connectivity index (χ4v) is 5.96. The molecule has 0 aromatic heterocycles. The van der Waals surface area contributed by atoms with E-state index in [0.29, 0.717) is 18.3 Å². The van der Waals surface area contributed by atoms with Crippen molar-refractivity contribution in [2.75, 3.05) is 5.32 Å². The Kier molecular flexibility index (Phi) is 4.92. The van der Waals surface area contributed by atoms with Gasteiger partial charge < -0.3 is 5.32 Å². The lowest BCUT2D eigenvalue weighted by atomic mass is 9.81. The van der Waals surface area contributed by atoms with Crippen molar-refractivity contribution in [3.8, 4) is 0 Å². The molecule has 5 atom stereocenters. The van der Waals surface area contributed by atoms with Gasteiger partial charge in [0.1, 0.15) is 6.04 Å². The Morgan fingerprint density at radius 3 is 2.29 bits per heavy atom. The quantitative estimate of drug-likeness (QED) is 0.752. The van der Waals surface area contributed by atoms with Gasteiger partial charge in [-0.1, -0.05) is 42.5 Å². The zero-order valence-electron chi connectivity index (χ0n) is 18.0. The minimum Gasteiger partial charge on any atom is -0.324 e. The number of aryl methyl sites for hydroxylation is 2. The van der Waals surface area contributed by atoms with Gasteiger partial charge in [0.25, 0.3) is 0 Å². The summed E-state index contributed by atoms with van der Waals surface area (Å²) in [7, 11) is 0. The predicted octanol–water partition coefficient (Wildman–Crippen LogP) is 3.88. The summed E-state index contributed by atoms with van der Waals surface area (Å²) >= 11 is 0. The molecule has 1 saturated heterocycles. The molecular weight excluding hydrogens is 388 g/mol. The number of likely N-dealkylation sites (tertiary alicyclic amines) is 1. The van der Waals surface area contributed by atoms with Crippen LogP contribution in [0.4, 0.5) is 5.69 Å². The molecule has 0 spiro atoms. The lowest BCUT2D eigenvalue weighted by Crippen LogP contribution is -2.49. The number of amides is 3. The van der Waals surface area contributed by atoms with E-state index in [1.54, 1.807) is 0 Å². The van der Waals surface area contributed by atoms with Crippen LogP contribution >= 0.6 is 0 Å². The van der Waals surface area contributed by atoms with Gasteiger partial charge >= 0.3 is 0 Å². The molecule has 1 N–H and O–H groups in total. The Morgan fingerprint density at radius 1 is 1.00 bits per heavy atom. The Labute approximate surface area is 182 Å². The minimum atomic E-state index is -0.840. The SMILES string of the molecule is Cc1ccc(C)c(NC(=O)[C@H](Cc2ccccc2)N2C(=O)[C@H]3[C@@H]4CC[C@H](C4)[C@@H]3C2=O)c1. The third-order valence-corrected chi connectivity index (χ3v) is 7.50. The summed E-state index contributed by atoms with van der Waals surface area (Å²) < 4.78 is 0. The molecule has 0 unspecified atom stereocenters. The van der Waals surface area contributed by atoms with Gasteiger partial charge in [0.05, 0.1) is 11.8 Å². The summed E-state index contributed by atoms with van der Waals surface area (Å²) in [6, 6.07) is 14.7. The number of carbonyl (C=O) groups excluding carboxylic acids is 3. The van der Waals surface area contributed by atoms with Gasteiger partial charge in [-0.05, 0) is 67.7 Å². The van der Waals surface area contributed by atoms with E-state index in [-0.39, 0.29) is 29.6 Å². The van der Waals surface area contributed by atoms with E-state index in [0.717, 1.165) is 41.6 Å². The number of fused-ring (bicyclic) bond motifs is 5. The highest BCUT2D eigenvalue weighted by Gasteiger charge is 2.62. The number of carbonyl (C=O) groups is 3. The molecule has 3 amide bonds. The van der Waals surface area contributed by atoms with Crippen molar-refractivity contribution in [3.05, 3.63) is 65.2 Å². The number of nitrogens with one attached hydrogen (secondary N) is 1. The molecule has 1 aliphatic heterocycles. The van der Waals surface area contributed by atoms with Crippen LogP contribution in [0.2, 0.25) is 0 Å². The monoisotopic (exact) mass is 416 g/mol. The van der Waals surface area contributed by atoms with Crippen LogP contribution in [0, 0.1) is 37.5 Å². The highest BCUT2D eigenvalue weighted by molar-refractivity contribution is 6.10. The molecule has 2 saturated carbocycles. The molecule has 2 aromatic rings. The fraction of sp³-hybridized carbons (Fsp3) is 0.423. The lowest BCUT2D eigenvalue weighted by Gasteiger charge is -2.27. The van der Waals surface area contributed by atoms with E-state index in [1.807, 2.05) is 62.4 Å². The van der Waals surface area contributed by atoms with Crippen molar-refractivity contribution in [2.24, 2.45) is 23.7 Å². The van der Waals surface area contributed by atoms with Crippen molar-refractivity contribution in [2.45, 2.75) is 45.6 Å². The molecule has 1 heterocycles. The first-order chi connectivity index (χ1) is 14.9. The standard InChI is InChI=1S/C26H28N2O3/c1-15-8-9-16(2)20(12-15)27-24(29)21(13-17-6-4-3-5-7-17)28-25(30)22-18-10-11-19(14-18)23(22)26(28)31/h3-9,12,18-19,21-23H,10-11,13-14H2,1-2H3,(H,27,29)/t18-,19-,21+,22+,23+/m1/s1. The van der Waals surface area contributed by atoms with E-state index in [4.69, 9.17) is 0 Å². The molecule has 2 bridgehead atoms. The van der Waals surface area contributed by atoms with Gasteiger partial charge in [0.15, 0.2) is 0 Å². The van der Waals surface area contributed by atoms with Crippen LogP contribution in [0.15, 0.2) is 48.5 Å². The van der Waals surface area contributed by atoms with Gasteiger partial charge in [-0.25, -0.2) is 0 Å². The second-order valence-electron chi connectivity index (χ2n) is 9.44. The topological polar surface area (TPSA) is 66.5 Å². The van der Waals surface area contributed by atoms with Gasteiger partial charge in [-0.3, -0.25) is 19.3 Å². The Morgan fingerprint density at radius 2 is 1.65 bits per heavy atom. The van der Waals surface area contributed by atoms with Gasteiger partial charge in [0.2, 0.25) is 17.7 Å². The van der Waals surface area contributed by atoms with E-state index in [9.17, 15) is 14.4 Å². The van der Waals surface area contributed by atoms with Crippen molar-refractivity contribution in [1.29, 1.82) is 0 Å². The van der Waals surface area contributed by atoms with Crippen LogP contribution < -0.4 is 5.32 Å². The number of benzene rings is 2. The highest BCUT2D eigenvalue weighted by atomic mass is 16.2. The van der Waals surface area contributed by atoms with Crippen molar-refractivity contribution in [1.82, 2.24) is 4.90 Å². The van der Waals surface area contributed by atoms with Crippen LogP contribution in [-0.2, 0) is 20.8 Å². The summed E-state index contributed by atoms with van der Waals surface area (Å²) in [5.41, 5.74) is 3.65. The van der Waals surface area contributed by atoms with Gasteiger partial charge in [-0.15, -0.1) is 0 Å². The Hall–Kier alpha value is -2.95. The van der Waals surface area contributed by atoms with Crippen LogP contribution in [0.1, 0.15) is 36.0 Å². The molecule has 2 aliphatic carbocycles. The maximum absolute atomic E-state index is 13.5. The largest absolute Gasteiger partial charge is 0.324 e. The molecule has 160 valence electrons. The molecule has 0 radical (unpaired) electrons. The first kappa shape index (κ1) is 20.0. The normalized spacial score (nSPS) is 27.5. The van der Waals surface area contributed by atoms with Crippen LogP contribution in [0.3, 0.4) is 0 Å². The number of imide groups is 1. The smallest absolute Gasteiger partial charge is 0.248 e. The summed E-state index contributed by atoms with van der Waals surface area (Å²) in [6.07, 6.45) is 3.36. The van der Waals surface area contributed by atoms with Crippen LogP contribution in [0.25, 0.3) is 0 Å². The maximum Gasteiger partial charge on any atom is 0.248 e. The number of hydrogen-bond acceptors (Lipinski definition) is 3. The number of anilines is 1. The molecule has 3 fully saturated rings. The van der Waals surface area contributed by atoms with Gasteiger partial charge in [-0.2, -0.15) is 0 Å². The lowest BCUT2D eigenvalue weighted by molar-refractivity contribution is -0.147. The molecule has 2 aromatic carbocycles. The number of hydrogen-bond donors (Lipinski definition) is 1. The van der Waals surface area contributed by atoms with Crippen LogP contribution in [0.5, 0.6) is 0 Å². The average Bonchev–Trinajstić information content (AvgIpc) is 3.44. The number of nitrogens with zero attached hydrogens (tertiary/aromatic N) is 1. The molecule has 31 heavy (non-hydrogen) atoms. The average molecular weight is 417 g/mol. The van der Waals surface area contributed by atoms with E-state index in [1.165, 1.54) is 4.90 Å². The third-order valence-electron chi connectivity index (χ3n) is 7.50. The van der Waals surface area contributed by atoms with Crippen LogP contribution in [-0.4, -0.2) is 28.7 Å². The minimum absolute atomic E-state index is 0.140. The van der Waals surface area contributed by atoms with Gasteiger partial charge in [0, 0.05) is 12.1 Å². The third kappa shape index (κ3) is 3.36. The van der Waals surface area contributed by atoms with Crippen molar-refractivity contribution >= 4 is 23.4 Å². The maximum atomic E-state index is 13.5. The molecule has 3 aliphatic rings. The second kappa shape index (κ2) is 7.63. The first-order valence-electron chi connectivity index (χ1n) is 11.2. The summed E-state index contributed by atoms with van der Waals surface area (Å²) in [5, 5.41) is 3.01. The van der Waals surface area contributed by atoms with E-state index < -0.39 is 6.04 Å². The summed E-state index contributed by atoms with van der Waals surface area (Å²) in [5.74, 6) is -0.423. The Balaban J connectivity index is 1.47. The second-order valence-corrected chi connectivity index (χ2v) is 9.44. The fourth-order valence-electron chi connectivity index (χ4n) is 5.96. The first-order valence-corrected chi connectivity index (χ1v) is 11.2. The van der Waals surface area contributed by atoms with Crippen molar-refractivity contribution in [3.63, 3.8) is 0 Å². The van der Waals surface area contributed by atoms with E-state index in [2.05, 4.69) is 5.32 Å². The number of rotatable bonds is 5. The molecule has 5 nitrogen and oxygen atoms in total. The highest BCUT2D eigenvalue weighted by Crippen LogP contribution is 2.56. The zero-order valence-corrected chi connectivity index (χ0v) is 18.0. The molecular formula is C26H28N2O3. The molecule has 5 rings (SSSR count). The zero-order chi connectivity index (χ0) is 21.7. The van der Waals surface area contributed by atoms with Crippen molar-refractivity contribution < 1.29 is 14.4 Å². The molecule has 5 heteroatoms.